The standard InChI is InChI=1S/C7H5FNO/c8-6-3-1-2-4-7(6)9-5-10/h1,3-5H,(H,9,10). The molecule has 0 aromatic heterocycles. The quantitative estimate of drug-likeness (QED) is 0.611. The molecule has 1 radical (unpaired) electrons. The van der Waals surface area contributed by atoms with Crippen molar-refractivity contribution in [2.75, 3.05) is 5.32 Å². The Hall–Kier alpha value is -1.38. The molecule has 0 saturated heterocycles. The van der Waals surface area contributed by atoms with E-state index < -0.39 is 5.82 Å². The molecule has 3 heteroatoms. The number of halogens is 1. The molecule has 0 unspecified atom stereocenters. The van der Waals surface area contributed by atoms with Crippen molar-refractivity contribution in [3.05, 3.63) is 30.1 Å². The molecule has 0 aliphatic rings. The van der Waals surface area contributed by atoms with Crippen LogP contribution in [0.1, 0.15) is 0 Å². The Labute approximate surface area is 57.7 Å². The second-order valence-corrected chi connectivity index (χ2v) is 1.67. The Kier molecular flexibility index (Phi) is 1.99. The van der Waals surface area contributed by atoms with Gasteiger partial charge in [0.2, 0.25) is 6.41 Å². The number of carbonyl (C=O) groups is 1. The summed E-state index contributed by atoms with van der Waals surface area (Å²) in [6, 6.07) is 6.65. The number of anilines is 1. The summed E-state index contributed by atoms with van der Waals surface area (Å²) in [5.41, 5.74) is 0.150. The average Bonchev–Trinajstić information content (AvgIpc) is 1.94. The van der Waals surface area contributed by atoms with Crippen molar-refractivity contribution in [2.45, 2.75) is 0 Å². The van der Waals surface area contributed by atoms with Gasteiger partial charge in [-0.05, 0) is 18.2 Å². The lowest BCUT2D eigenvalue weighted by Gasteiger charge is -1.96. The highest BCUT2D eigenvalue weighted by atomic mass is 19.1. The number of rotatable bonds is 2. The number of hydrogen-bond acceptors (Lipinski definition) is 1. The van der Waals surface area contributed by atoms with Crippen molar-refractivity contribution < 1.29 is 9.18 Å². The zero-order valence-corrected chi connectivity index (χ0v) is 5.10. The van der Waals surface area contributed by atoms with E-state index in [0.717, 1.165) is 0 Å². The molecule has 10 heavy (non-hydrogen) atoms. The molecule has 0 bridgehead atoms. The van der Waals surface area contributed by atoms with Crippen molar-refractivity contribution in [3.8, 4) is 0 Å². The molecule has 0 atom stereocenters. The molecule has 0 heterocycles. The summed E-state index contributed by atoms with van der Waals surface area (Å²) < 4.78 is 12.5. The van der Waals surface area contributed by atoms with E-state index in [1.54, 1.807) is 0 Å². The van der Waals surface area contributed by atoms with Crippen molar-refractivity contribution in [1.82, 2.24) is 0 Å². The van der Waals surface area contributed by atoms with Crippen molar-refractivity contribution in [3.63, 3.8) is 0 Å². The van der Waals surface area contributed by atoms with E-state index in [-0.39, 0.29) is 5.69 Å². The van der Waals surface area contributed by atoms with E-state index in [9.17, 15) is 9.18 Å². The molecule has 51 valence electrons. The van der Waals surface area contributed by atoms with Crippen LogP contribution in [0.2, 0.25) is 0 Å². The molecule has 0 aliphatic carbocycles. The molecule has 0 spiro atoms. The monoisotopic (exact) mass is 138 g/mol. The van der Waals surface area contributed by atoms with Crippen LogP contribution >= 0.6 is 0 Å². The van der Waals surface area contributed by atoms with Crippen LogP contribution in [-0.2, 0) is 4.79 Å². The first-order valence-electron chi connectivity index (χ1n) is 2.70. The Balaban J connectivity index is 2.91. The SMILES string of the molecule is O=CNc1c[c]ccc1F. The van der Waals surface area contributed by atoms with Gasteiger partial charge in [0.1, 0.15) is 5.82 Å². The Morgan fingerprint density at radius 1 is 1.70 bits per heavy atom. The van der Waals surface area contributed by atoms with E-state index in [0.29, 0.717) is 6.41 Å². The summed E-state index contributed by atoms with van der Waals surface area (Å²) in [5.74, 6) is -0.453. The van der Waals surface area contributed by atoms with Gasteiger partial charge in [-0.1, -0.05) is 6.07 Å². The summed E-state index contributed by atoms with van der Waals surface area (Å²) >= 11 is 0. The van der Waals surface area contributed by atoms with Crippen molar-refractivity contribution in [2.24, 2.45) is 0 Å². The number of amides is 1. The minimum atomic E-state index is -0.453. The smallest absolute Gasteiger partial charge is 0.211 e. The van der Waals surface area contributed by atoms with Crippen LogP contribution < -0.4 is 5.32 Å². The topological polar surface area (TPSA) is 29.1 Å². The van der Waals surface area contributed by atoms with Crippen LogP contribution in [0.5, 0.6) is 0 Å². The summed E-state index contributed by atoms with van der Waals surface area (Å²) in [4.78, 5) is 9.83. The van der Waals surface area contributed by atoms with Crippen LogP contribution in [0.4, 0.5) is 10.1 Å². The second kappa shape index (κ2) is 2.96. The Morgan fingerprint density at radius 2 is 2.50 bits per heavy atom. The molecule has 1 amide bonds. The first kappa shape index (κ1) is 6.74. The number of benzene rings is 1. The van der Waals surface area contributed by atoms with E-state index in [2.05, 4.69) is 11.4 Å². The van der Waals surface area contributed by atoms with E-state index in [4.69, 9.17) is 0 Å². The molecule has 1 rings (SSSR count). The van der Waals surface area contributed by atoms with E-state index in [1.165, 1.54) is 18.2 Å². The first-order valence-corrected chi connectivity index (χ1v) is 2.70. The minimum absolute atomic E-state index is 0.150. The van der Waals surface area contributed by atoms with Crippen molar-refractivity contribution >= 4 is 12.1 Å². The fourth-order valence-electron chi connectivity index (χ4n) is 0.586. The lowest BCUT2D eigenvalue weighted by Crippen LogP contribution is -1.95. The summed E-state index contributed by atoms with van der Waals surface area (Å²) in [6.45, 7) is 0. The summed E-state index contributed by atoms with van der Waals surface area (Å²) in [6.07, 6.45) is 0.423. The summed E-state index contributed by atoms with van der Waals surface area (Å²) in [5, 5.41) is 2.19. The zero-order valence-electron chi connectivity index (χ0n) is 5.10. The minimum Gasteiger partial charge on any atom is -0.326 e. The molecule has 0 fully saturated rings. The van der Waals surface area contributed by atoms with Gasteiger partial charge in [0, 0.05) is 0 Å². The maximum atomic E-state index is 12.5. The fraction of sp³-hybridized carbons (Fsp3) is 0. The average molecular weight is 138 g/mol. The van der Waals surface area contributed by atoms with Gasteiger partial charge in [-0.2, -0.15) is 0 Å². The maximum absolute atomic E-state index is 12.5. The van der Waals surface area contributed by atoms with E-state index >= 15 is 0 Å². The molecule has 0 saturated carbocycles. The van der Waals surface area contributed by atoms with Gasteiger partial charge < -0.3 is 5.32 Å². The van der Waals surface area contributed by atoms with Gasteiger partial charge in [0.15, 0.2) is 0 Å². The summed E-state index contributed by atoms with van der Waals surface area (Å²) in [7, 11) is 0. The number of hydrogen-bond donors (Lipinski definition) is 1. The first-order chi connectivity index (χ1) is 4.84. The third-order valence-corrected chi connectivity index (χ3v) is 1.03. The zero-order chi connectivity index (χ0) is 7.40. The highest BCUT2D eigenvalue weighted by Gasteiger charge is 1.95. The van der Waals surface area contributed by atoms with Crippen LogP contribution in [0.15, 0.2) is 18.2 Å². The van der Waals surface area contributed by atoms with Gasteiger partial charge in [0.25, 0.3) is 0 Å². The van der Waals surface area contributed by atoms with Gasteiger partial charge in [0.05, 0.1) is 5.69 Å². The largest absolute Gasteiger partial charge is 0.326 e. The molecule has 1 aromatic carbocycles. The van der Waals surface area contributed by atoms with Gasteiger partial charge in [-0.3, -0.25) is 4.79 Å². The molecule has 1 N–H and O–H groups in total. The Bertz CT molecular complexity index is 237. The molecule has 0 aliphatic heterocycles. The predicted molar refractivity (Wildman–Crippen MR) is 34.9 cm³/mol. The lowest BCUT2D eigenvalue weighted by molar-refractivity contribution is -0.105. The highest BCUT2D eigenvalue weighted by molar-refractivity contribution is 5.71. The number of carbonyl (C=O) groups excluding carboxylic acids is 1. The maximum Gasteiger partial charge on any atom is 0.211 e. The van der Waals surface area contributed by atoms with Gasteiger partial charge in [-0.15, -0.1) is 0 Å². The fourth-order valence-corrected chi connectivity index (χ4v) is 0.586. The third-order valence-electron chi connectivity index (χ3n) is 1.03. The predicted octanol–water partition coefficient (Wildman–Crippen LogP) is 1.19. The van der Waals surface area contributed by atoms with Gasteiger partial charge >= 0.3 is 0 Å². The Morgan fingerprint density at radius 3 is 3.10 bits per heavy atom. The normalized spacial score (nSPS) is 8.90. The third kappa shape index (κ3) is 1.31. The van der Waals surface area contributed by atoms with Crippen molar-refractivity contribution in [1.29, 1.82) is 0 Å². The van der Waals surface area contributed by atoms with E-state index in [1.807, 2.05) is 0 Å². The van der Waals surface area contributed by atoms with Crippen LogP contribution in [0.3, 0.4) is 0 Å². The van der Waals surface area contributed by atoms with Crippen LogP contribution in [0, 0.1) is 11.9 Å². The lowest BCUT2D eigenvalue weighted by atomic mass is 10.3. The molecule has 2 nitrogen and oxygen atoms in total. The van der Waals surface area contributed by atoms with Crippen LogP contribution in [0.25, 0.3) is 0 Å². The van der Waals surface area contributed by atoms with Crippen LogP contribution in [-0.4, -0.2) is 6.41 Å². The molecular weight excluding hydrogens is 133 g/mol. The number of nitrogens with one attached hydrogen (secondary N) is 1. The highest BCUT2D eigenvalue weighted by Crippen LogP contribution is 2.09. The second-order valence-electron chi connectivity index (χ2n) is 1.67. The molecule has 1 aromatic rings. The van der Waals surface area contributed by atoms with Gasteiger partial charge in [-0.25, -0.2) is 4.39 Å². The molecular formula is C7H5FNO.